The molecule has 0 bridgehead atoms. The van der Waals surface area contributed by atoms with Gasteiger partial charge in [-0.1, -0.05) is 0 Å². The standard InChI is InChI=1S/C15H14O5/c1-17-9-3-4-13(18-2)11(5-9)10-6-14-15(7-12(10)16)20-8-19-14/h3-7,16H,8H2,1-2H3. The summed E-state index contributed by atoms with van der Waals surface area (Å²) in [5.41, 5.74) is 1.33. The lowest BCUT2D eigenvalue weighted by Gasteiger charge is -2.12. The second-order valence-corrected chi connectivity index (χ2v) is 4.29. The average molecular weight is 274 g/mol. The Morgan fingerprint density at radius 3 is 2.40 bits per heavy atom. The van der Waals surface area contributed by atoms with E-state index in [4.69, 9.17) is 18.9 Å². The number of hydrogen-bond acceptors (Lipinski definition) is 5. The highest BCUT2D eigenvalue weighted by molar-refractivity contribution is 5.79. The van der Waals surface area contributed by atoms with Crippen molar-refractivity contribution < 1.29 is 24.1 Å². The maximum atomic E-state index is 10.2. The molecule has 0 aliphatic carbocycles. The molecule has 5 nitrogen and oxygen atoms in total. The molecule has 1 heterocycles. The van der Waals surface area contributed by atoms with E-state index in [1.54, 1.807) is 38.5 Å². The Morgan fingerprint density at radius 1 is 0.950 bits per heavy atom. The van der Waals surface area contributed by atoms with Gasteiger partial charge in [0.05, 0.1) is 14.2 Å². The Kier molecular flexibility index (Phi) is 3.02. The van der Waals surface area contributed by atoms with E-state index in [0.29, 0.717) is 28.6 Å². The van der Waals surface area contributed by atoms with Crippen LogP contribution < -0.4 is 18.9 Å². The fourth-order valence-electron chi connectivity index (χ4n) is 2.17. The summed E-state index contributed by atoms with van der Waals surface area (Å²) in [6.45, 7) is 0.160. The van der Waals surface area contributed by atoms with Gasteiger partial charge in [-0.3, -0.25) is 0 Å². The number of ether oxygens (including phenoxy) is 4. The van der Waals surface area contributed by atoms with Gasteiger partial charge in [-0.15, -0.1) is 0 Å². The molecule has 1 aliphatic rings. The fourth-order valence-corrected chi connectivity index (χ4v) is 2.17. The minimum atomic E-state index is 0.0980. The van der Waals surface area contributed by atoms with E-state index in [2.05, 4.69) is 0 Å². The summed E-state index contributed by atoms with van der Waals surface area (Å²) in [6.07, 6.45) is 0. The van der Waals surface area contributed by atoms with Crippen molar-refractivity contribution in [3.63, 3.8) is 0 Å². The van der Waals surface area contributed by atoms with E-state index < -0.39 is 0 Å². The molecule has 0 atom stereocenters. The third-order valence-corrected chi connectivity index (χ3v) is 3.19. The van der Waals surface area contributed by atoms with Crippen LogP contribution in [0.5, 0.6) is 28.7 Å². The van der Waals surface area contributed by atoms with Crippen LogP contribution in [0.3, 0.4) is 0 Å². The second kappa shape index (κ2) is 4.85. The van der Waals surface area contributed by atoms with Crippen molar-refractivity contribution in [2.24, 2.45) is 0 Å². The number of methoxy groups -OCH3 is 2. The summed E-state index contributed by atoms with van der Waals surface area (Å²) in [5, 5.41) is 10.2. The molecular formula is C15H14O5. The summed E-state index contributed by atoms with van der Waals surface area (Å²) in [5.74, 6) is 2.55. The van der Waals surface area contributed by atoms with Crippen LogP contribution >= 0.6 is 0 Å². The van der Waals surface area contributed by atoms with Crippen molar-refractivity contribution in [1.29, 1.82) is 0 Å². The lowest BCUT2D eigenvalue weighted by Crippen LogP contribution is -1.93. The number of aromatic hydroxyl groups is 1. The molecule has 2 aromatic carbocycles. The average Bonchev–Trinajstić information content (AvgIpc) is 2.92. The fraction of sp³-hybridized carbons (Fsp3) is 0.200. The molecule has 5 heteroatoms. The summed E-state index contributed by atoms with van der Waals surface area (Å²) < 4.78 is 21.1. The first kappa shape index (κ1) is 12.5. The van der Waals surface area contributed by atoms with Crippen LogP contribution in [0.1, 0.15) is 0 Å². The third kappa shape index (κ3) is 1.97. The zero-order valence-corrected chi connectivity index (χ0v) is 11.2. The van der Waals surface area contributed by atoms with E-state index in [1.807, 2.05) is 0 Å². The number of phenols is 1. The zero-order chi connectivity index (χ0) is 14.1. The molecule has 20 heavy (non-hydrogen) atoms. The van der Waals surface area contributed by atoms with Crippen molar-refractivity contribution in [2.75, 3.05) is 21.0 Å². The molecule has 104 valence electrons. The molecular weight excluding hydrogens is 260 g/mol. The van der Waals surface area contributed by atoms with Crippen molar-refractivity contribution in [3.8, 4) is 39.9 Å². The Balaban J connectivity index is 2.17. The Labute approximate surface area is 116 Å². The quantitative estimate of drug-likeness (QED) is 0.932. The van der Waals surface area contributed by atoms with Gasteiger partial charge in [-0.2, -0.15) is 0 Å². The summed E-state index contributed by atoms with van der Waals surface area (Å²) in [7, 11) is 3.17. The zero-order valence-electron chi connectivity index (χ0n) is 11.2. The second-order valence-electron chi connectivity index (χ2n) is 4.29. The molecule has 0 radical (unpaired) electrons. The highest BCUT2D eigenvalue weighted by atomic mass is 16.7. The predicted octanol–water partition coefficient (Wildman–Crippen LogP) is 2.81. The van der Waals surface area contributed by atoms with Crippen molar-refractivity contribution in [3.05, 3.63) is 30.3 Å². The van der Waals surface area contributed by atoms with E-state index in [-0.39, 0.29) is 12.5 Å². The van der Waals surface area contributed by atoms with Gasteiger partial charge < -0.3 is 24.1 Å². The Bertz CT molecular complexity index is 651. The SMILES string of the molecule is COc1ccc(OC)c(-c2cc3c(cc2O)OCO3)c1. The Hall–Kier alpha value is -2.56. The minimum absolute atomic E-state index is 0.0980. The van der Waals surface area contributed by atoms with Crippen LogP contribution in [0, 0.1) is 0 Å². The first-order valence-electron chi connectivity index (χ1n) is 6.08. The van der Waals surface area contributed by atoms with E-state index in [9.17, 15) is 5.11 Å². The molecule has 0 saturated heterocycles. The van der Waals surface area contributed by atoms with Crippen molar-refractivity contribution in [2.45, 2.75) is 0 Å². The summed E-state index contributed by atoms with van der Waals surface area (Å²) in [4.78, 5) is 0. The molecule has 0 amide bonds. The maximum absolute atomic E-state index is 10.2. The van der Waals surface area contributed by atoms with Gasteiger partial charge in [0.2, 0.25) is 6.79 Å². The molecule has 1 N–H and O–H groups in total. The van der Waals surface area contributed by atoms with Gasteiger partial charge in [-0.05, 0) is 24.3 Å². The number of benzene rings is 2. The highest BCUT2D eigenvalue weighted by Gasteiger charge is 2.20. The number of phenolic OH excluding ortho intramolecular Hbond substituents is 1. The lowest BCUT2D eigenvalue weighted by molar-refractivity contribution is 0.174. The van der Waals surface area contributed by atoms with Gasteiger partial charge >= 0.3 is 0 Å². The smallest absolute Gasteiger partial charge is 0.231 e. The van der Waals surface area contributed by atoms with Crippen molar-refractivity contribution >= 4 is 0 Å². The predicted molar refractivity (Wildman–Crippen MR) is 72.8 cm³/mol. The first-order chi connectivity index (χ1) is 9.72. The lowest BCUT2D eigenvalue weighted by atomic mass is 10.0. The maximum Gasteiger partial charge on any atom is 0.231 e. The number of hydrogen-bond donors (Lipinski definition) is 1. The van der Waals surface area contributed by atoms with Gasteiger partial charge in [0.1, 0.15) is 17.2 Å². The summed E-state index contributed by atoms with van der Waals surface area (Å²) >= 11 is 0. The van der Waals surface area contributed by atoms with Crippen LogP contribution in [-0.4, -0.2) is 26.1 Å². The normalized spacial score (nSPS) is 12.3. The van der Waals surface area contributed by atoms with Gasteiger partial charge in [0, 0.05) is 17.2 Å². The van der Waals surface area contributed by atoms with Crippen molar-refractivity contribution in [1.82, 2.24) is 0 Å². The van der Waals surface area contributed by atoms with Crippen LogP contribution in [0.4, 0.5) is 0 Å². The molecule has 0 aromatic heterocycles. The highest BCUT2D eigenvalue weighted by Crippen LogP contribution is 2.45. The molecule has 3 rings (SSSR count). The number of fused-ring (bicyclic) bond motifs is 1. The Morgan fingerprint density at radius 2 is 1.70 bits per heavy atom. The van der Waals surface area contributed by atoms with Crippen LogP contribution in [0.2, 0.25) is 0 Å². The largest absolute Gasteiger partial charge is 0.507 e. The monoisotopic (exact) mass is 274 g/mol. The van der Waals surface area contributed by atoms with Gasteiger partial charge in [0.25, 0.3) is 0 Å². The van der Waals surface area contributed by atoms with E-state index in [0.717, 1.165) is 5.56 Å². The molecule has 2 aromatic rings. The number of rotatable bonds is 3. The summed E-state index contributed by atoms with van der Waals surface area (Å²) in [6, 6.07) is 8.66. The molecule has 0 spiro atoms. The van der Waals surface area contributed by atoms with E-state index in [1.165, 1.54) is 6.07 Å². The molecule has 0 saturated carbocycles. The van der Waals surface area contributed by atoms with Crippen LogP contribution in [0.25, 0.3) is 11.1 Å². The molecule has 0 unspecified atom stereocenters. The topological polar surface area (TPSA) is 57.2 Å². The minimum Gasteiger partial charge on any atom is -0.507 e. The van der Waals surface area contributed by atoms with Crippen LogP contribution in [0.15, 0.2) is 30.3 Å². The first-order valence-corrected chi connectivity index (χ1v) is 6.08. The molecule has 0 fully saturated rings. The molecule has 1 aliphatic heterocycles. The van der Waals surface area contributed by atoms with Gasteiger partial charge in [0.15, 0.2) is 11.5 Å². The van der Waals surface area contributed by atoms with Gasteiger partial charge in [-0.25, -0.2) is 0 Å². The third-order valence-electron chi connectivity index (χ3n) is 3.19. The van der Waals surface area contributed by atoms with Crippen LogP contribution in [-0.2, 0) is 0 Å². The van der Waals surface area contributed by atoms with E-state index >= 15 is 0 Å².